The van der Waals surface area contributed by atoms with Crippen LogP contribution in [0, 0.1) is 0 Å². The third kappa shape index (κ3) is 5.04. The molecular weight excluding hydrogens is 536 g/mol. The molecule has 0 bridgehead atoms. The smallest absolute Gasteiger partial charge is 0.299 e. The Hall–Kier alpha value is -5.86. The number of hydrogen-bond donors (Lipinski definition) is 0. The van der Waals surface area contributed by atoms with Crippen molar-refractivity contribution in [3.05, 3.63) is 168 Å². The summed E-state index contributed by atoms with van der Waals surface area (Å²) in [6.45, 7) is 0. The van der Waals surface area contributed by atoms with Gasteiger partial charge < -0.3 is 8.83 Å². The van der Waals surface area contributed by atoms with Crippen LogP contribution in [-0.4, -0.2) is 0 Å². The summed E-state index contributed by atoms with van der Waals surface area (Å²) in [6.07, 6.45) is 8.50. The summed E-state index contributed by atoms with van der Waals surface area (Å²) >= 11 is 0. The minimum atomic E-state index is 0.560. The lowest BCUT2D eigenvalue weighted by molar-refractivity contribution is 0.524. The maximum absolute atomic E-state index is 6.19. The lowest BCUT2D eigenvalue weighted by Gasteiger charge is -2.02. The quantitative estimate of drug-likeness (QED) is 0.188. The van der Waals surface area contributed by atoms with E-state index in [1.54, 1.807) is 0 Å². The molecule has 44 heavy (non-hydrogen) atoms. The average molecular weight is 565 g/mol. The van der Waals surface area contributed by atoms with Crippen molar-refractivity contribution >= 4 is 57.4 Å². The second-order valence-electron chi connectivity index (χ2n) is 11.0. The molecule has 0 fully saturated rings. The van der Waals surface area contributed by atoms with E-state index in [4.69, 9.17) is 8.83 Å². The van der Waals surface area contributed by atoms with Gasteiger partial charge in [0, 0.05) is 10.8 Å². The van der Waals surface area contributed by atoms with Crippen LogP contribution in [0.2, 0.25) is 0 Å². The molecule has 0 atom stereocenters. The normalized spacial score (nSPS) is 11.9. The highest BCUT2D eigenvalue weighted by molar-refractivity contribution is 6.17. The zero-order valence-electron chi connectivity index (χ0n) is 24.0. The van der Waals surface area contributed by atoms with Crippen LogP contribution in [0.3, 0.4) is 0 Å². The molecule has 2 heterocycles. The van der Waals surface area contributed by atoms with Gasteiger partial charge >= 0.3 is 0 Å². The molecule has 2 heteroatoms. The molecule has 0 aliphatic carbocycles. The fourth-order valence-electron chi connectivity index (χ4n) is 5.77. The summed E-state index contributed by atoms with van der Waals surface area (Å²) in [5, 5.41) is 3.14. The molecule has 8 aromatic rings. The third-order valence-corrected chi connectivity index (χ3v) is 8.13. The highest BCUT2D eigenvalue weighted by Crippen LogP contribution is 2.38. The SMILES string of the molecule is C(=Cc1ccc2c(c1)oc1oc3cc(C=Cc4ccc(-c5ccccc5)cc4)ccc3c12)c1ccc(-c2ccccc2)cc1. The molecular formula is C42H28O2. The fraction of sp³-hybridized carbons (Fsp3) is 0. The van der Waals surface area contributed by atoms with Crippen molar-refractivity contribution in [2.24, 2.45) is 0 Å². The van der Waals surface area contributed by atoms with Gasteiger partial charge in [-0.3, -0.25) is 0 Å². The van der Waals surface area contributed by atoms with Crippen LogP contribution in [-0.2, 0) is 0 Å². The summed E-state index contributed by atoms with van der Waals surface area (Å²) in [7, 11) is 0. The lowest BCUT2D eigenvalue weighted by atomic mass is 10.0. The summed E-state index contributed by atoms with van der Waals surface area (Å²) in [6, 6.07) is 50.8. The monoisotopic (exact) mass is 564 g/mol. The first-order chi connectivity index (χ1) is 21.8. The van der Waals surface area contributed by atoms with Crippen molar-refractivity contribution in [3.8, 4) is 22.3 Å². The maximum Gasteiger partial charge on any atom is 0.299 e. The Morgan fingerprint density at radius 3 is 1.14 bits per heavy atom. The van der Waals surface area contributed by atoms with Crippen LogP contribution < -0.4 is 0 Å². The summed E-state index contributed by atoms with van der Waals surface area (Å²) in [5.41, 5.74) is 11.0. The molecule has 8 rings (SSSR count). The number of rotatable bonds is 6. The molecule has 0 aliphatic heterocycles. The van der Waals surface area contributed by atoms with Crippen LogP contribution in [0.1, 0.15) is 22.3 Å². The summed E-state index contributed by atoms with van der Waals surface area (Å²) < 4.78 is 12.4. The Morgan fingerprint density at radius 2 is 0.705 bits per heavy atom. The number of benzene rings is 6. The van der Waals surface area contributed by atoms with Gasteiger partial charge in [-0.15, -0.1) is 0 Å². The van der Waals surface area contributed by atoms with Gasteiger partial charge in [0.05, 0.1) is 5.39 Å². The first-order valence-corrected chi connectivity index (χ1v) is 14.8. The topological polar surface area (TPSA) is 26.3 Å². The van der Waals surface area contributed by atoms with Crippen molar-refractivity contribution in [1.29, 1.82) is 0 Å². The van der Waals surface area contributed by atoms with Crippen molar-refractivity contribution < 1.29 is 8.83 Å². The molecule has 6 aromatic carbocycles. The Morgan fingerprint density at radius 1 is 0.341 bits per heavy atom. The standard InChI is InChI=1S/C42H28O2/c1-3-7-33(8-4-1)35-21-15-29(16-22-35)11-13-31-19-25-37-39(27-31)43-42-41(37)38-26-20-32(28-40(38)44-42)14-12-30-17-23-36(24-18-30)34-9-5-2-6-10-34/h1-28H. The van der Waals surface area contributed by atoms with Crippen LogP contribution in [0.15, 0.2) is 154 Å². The molecule has 0 aliphatic rings. The Labute approximate surface area is 255 Å². The van der Waals surface area contributed by atoms with E-state index in [9.17, 15) is 0 Å². The third-order valence-electron chi connectivity index (χ3n) is 8.13. The Bertz CT molecular complexity index is 2120. The number of fused-ring (bicyclic) bond motifs is 5. The molecule has 0 unspecified atom stereocenters. The van der Waals surface area contributed by atoms with Crippen LogP contribution in [0.25, 0.3) is 79.7 Å². The van der Waals surface area contributed by atoms with Crippen molar-refractivity contribution in [3.63, 3.8) is 0 Å². The van der Waals surface area contributed by atoms with Crippen molar-refractivity contribution in [2.75, 3.05) is 0 Å². The largest absolute Gasteiger partial charge is 0.425 e. The number of furan rings is 2. The minimum absolute atomic E-state index is 0.560. The van der Waals surface area contributed by atoms with Crippen molar-refractivity contribution in [2.45, 2.75) is 0 Å². The van der Waals surface area contributed by atoms with Crippen LogP contribution in [0.5, 0.6) is 0 Å². The summed E-state index contributed by atoms with van der Waals surface area (Å²) in [5.74, 6) is 0.560. The molecule has 0 N–H and O–H groups in total. The van der Waals surface area contributed by atoms with Gasteiger partial charge in [-0.2, -0.15) is 0 Å². The molecule has 0 radical (unpaired) electrons. The average Bonchev–Trinajstić information content (AvgIpc) is 3.62. The fourth-order valence-corrected chi connectivity index (χ4v) is 5.77. The molecule has 208 valence electrons. The first-order valence-electron chi connectivity index (χ1n) is 14.8. The van der Waals surface area contributed by atoms with Crippen LogP contribution in [0.4, 0.5) is 0 Å². The highest BCUT2D eigenvalue weighted by atomic mass is 16.5. The predicted octanol–water partition coefficient (Wildman–Crippen LogP) is 12.0. The van der Waals surface area contributed by atoms with E-state index in [0.717, 1.165) is 49.6 Å². The van der Waals surface area contributed by atoms with E-state index in [-0.39, 0.29) is 0 Å². The molecule has 2 nitrogen and oxygen atoms in total. The van der Waals surface area contributed by atoms with Gasteiger partial charge in [-0.1, -0.05) is 146 Å². The molecule has 2 aromatic heterocycles. The van der Waals surface area contributed by atoms with E-state index in [1.165, 1.54) is 22.3 Å². The maximum atomic E-state index is 6.19. The van der Waals surface area contributed by atoms with E-state index < -0.39 is 0 Å². The molecule has 0 saturated carbocycles. The summed E-state index contributed by atoms with van der Waals surface area (Å²) in [4.78, 5) is 0. The van der Waals surface area contributed by atoms with Gasteiger partial charge in [0.1, 0.15) is 11.2 Å². The minimum Gasteiger partial charge on any atom is -0.425 e. The number of hydrogen-bond acceptors (Lipinski definition) is 2. The Kier molecular flexibility index (Phi) is 6.51. The molecule has 0 saturated heterocycles. The van der Waals surface area contributed by atoms with Gasteiger partial charge in [0.25, 0.3) is 5.78 Å². The zero-order chi connectivity index (χ0) is 29.3. The predicted molar refractivity (Wildman–Crippen MR) is 185 cm³/mol. The van der Waals surface area contributed by atoms with E-state index >= 15 is 0 Å². The van der Waals surface area contributed by atoms with Gasteiger partial charge in [-0.05, 0) is 68.8 Å². The molecule has 0 spiro atoms. The van der Waals surface area contributed by atoms with Crippen molar-refractivity contribution in [1.82, 2.24) is 0 Å². The van der Waals surface area contributed by atoms with Gasteiger partial charge in [0.2, 0.25) is 0 Å². The molecule has 0 amide bonds. The van der Waals surface area contributed by atoms with Crippen LogP contribution >= 0.6 is 0 Å². The highest BCUT2D eigenvalue weighted by Gasteiger charge is 2.16. The van der Waals surface area contributed by atoms with E-state index in [2.05, 4.69) is 158 Å². The first kappa shape index (κ1) is 25.8. The van der Waals surface area contributed by atoms with E-state index in [0.29, 0.717) is 5.78 Å². The van der Waals surface area contributed by atoms with E-state index in [1.807, 2.05) is 12.1 Å². The second-order valence-corrected chi connectivity index (χ2v) is 11.0. The van der Waals surface area contributed by atoms with Gasteiger partial charge in [0.15, 0.2) is 0 Å². The lowest BCUT2D eigenvalue weighted by Crippen LogP contribution is -1.78. The van der Waals surface area contributed by atoms with Gasteiger partial charge in [-0.25, -0.2) is 0 Å². The Balaban J connectivity index is 1.01. The zero-order valence-corrected chi connectivity index (χ0v) is 24.0. The second kappa shape index (κ2) is 11.1.